The maximum absolute atomic E-state index is 13.9. The Morgan fingerprint density at radius 2 is 1.59 bits per heavy atom. The number of nitrogens with zero attached hydrogens (tertiary/aromatic N) is 1. The van der Waals surface area contributed by atoms with Crippen LogP contribution in [0.25, 0.3) is 0 Å². The SMILES string of the molecule is COCOc1ccc(Cc2c(C)cc(OCc3ccccc3)c(C)c2C)nc1C1(O)CCC(F)(F)CC1. The number of methoxy groups -OCH3 is 1. The van der Waals surface area contributed by atoms with Crippen LogP contribution in [0.5, 0.6) is 11.5 Å². The summed E-state index contributed by atoms with van der Waals surface area (Å²) in [4.78, 5) is 4.77. The smallest absolute Gasteiger partial charge is 0.248 e. The summed E-state index contributed by atoms with van der Waals surface area (Å²) < 4.78 is 44.5. The van der Waals surface area contributed by atoms with E-state index in [-0.39, 0.29) is 32.5 Å². The van der Waals surface area contributed by atoms with Gasteiger partial charge < -0.3 is 19.3 Å². The van der Waals surface area contributed by atoms with Crippen LogP contribution in [0.2, 0.25) is 0 Å². The highest BCUT2D eigenvalue weighted by atomic mass is 19.3. The number of halogens is 2. The van der Waals surface area contributed by atoms with E-state index in [1.165, 1.54) is 7.11 Å². The fourth-order valence-electron chi connectivity index (χ4n) is 4.86. The number of hydrogen-bond acceptors (Lipinski definition) is 5. The van der Waals surface area contributed by atoms with Crippen molar-refractivity contribution in [1.29, 1.82) is 0 Å². The molecule has 1 N–H and O–H groups in total. The van der Waals surface area contributed by atoms with Crippen molar-refractivity contribution in [3.8, 4) is 11.5 Å². The van der Waals surface area contributed by atoms with Gasteiger partial charge in [0.2, 0.25) is 5.92 Å². The number of ether oxygens (including phenoxy) is 3. The Kier molecular flexibility index (Phi) is 8.14. The second kappa shape index (κ2) is 11.2. The fraction of sp³-hybridized carbons (Fsp3) is 0.433. The third-order valence-electron chi connectivity index (χ3n) is 7.30. The first-order valence-corrected chi connectivity index (χ1v) is 12.6. The number of aryl methyl sites for hydroxylation is 1. The van der Waals surface area contributed by atoms with Crippen LogP contribution in [-0.2, 0) is 23.4 Å². The second-order valence-electron chi connectivity index (χ2n) is 9.96. The van der Waals surface area contributed by atoms with Gasteiger partial charge in [0.25, 0.3) is 0 Å². The molecule has 37 heavy (non-hydrogen) atoms. The lowest BCUT2D eigenvalue weighted by Crippen LogP contribution is -2.37. The van der Waals surface area contributed by atoms with Crippen LogP contribution in [0, 0.1) is 20.8 Å². The second-order valence-corrected chi connectivity index (χ2v) is 9.96. The number of rotatable bonds is 9. The molecule has 0 aliphatic heterocycles. The molecule has 5 nitrogen and oxygen atoms in total. The molecule has 7 heteroatoms. The summed E-state index contributed by atoms with van der Waals surface area (Å²) in [6.45, 7) is 6.63. The minimum absolute atomic E-state index is 0.0257. The highest BCUT2D eigenvalue weighted by Crippen LogP contribution is 2.45. The molecular weight excluding hydrogens is 476 g/mol. The summed E-state index contributed by atoms with van der Waals surface area (Å²) in [6, 6.07) is 15.7. The zero-order valence-electron chi connectivity index (χ0n) is 21.9. The Balaban J connectivity index is 1.60. The molecule has 0 unspecified atom stereocenters. The molecule has 0 saturated heterocycles. The van der Waals surface area contributed by atoms with Crippen LogP contribution >= 0.6 is 0 Å². The van der Waals surface area contributed by atoms with Gasteiger partial charge >= 0.3 is 0 Å². The van der Waals surface area contributed by atoms with Gasteiger partial charge in [0.05, 0.1) is 0 Å². The van der Waals surface area contributed by atoms with Crippen LogP contribution in [0.4, 0.5) is 8.78 Å². The van der Waals surface area contributed by atoms with Crippen molar-refractivity contribution >= 4 is 0 Å². The quantitative estimate of drug-likeness (QED) is 0.330. The van der Waals surface area contributed by atoms with Gasteiger partial charge in [0.1, 0.15) is 29.4 Å². The van der Waals surface area contributed by atoms with Crippen LogP contribution in [0.15, 0.2) is 48.5 Å². The zero-order valence-corrected chi connectivity index (χ0v) is 21.9. The zero-order chi connectivity index (χ0) is 26.6. The molecule has 1 aromatic heterocycles. The molecule has 4 rings (SSSR count). The Morgan fingerprint density at radius 1 is 0.892 bits per heavy atom. The van der Waals surface area contributed by atoms with E-state index in [1.807, 2.05) is 56.3 Å². The first-order valence-electron chi connectivity index (χ1n) is 12.6. The van der Waals surface area contributed by atoms with E-state index in [1.54, 1.807) is 6.07 Å². The average molecular weight is 512 g/mol. The van der Waals surface area contributed by atoms with Gasteiger partial charge in [-0.15, -0.1) is 0 Å². The van der Waals surface area contributed by atoms with Crippen LogP contribution < -0.4 is 9.47 Å². The van der Waals surface area contributed by atoms with Crippen molar-refractivity contribution in [3.63, 3.8) is 0 Å². The normalized spacial score (nSPS) is 16.4. The molecule has 1 aliphatic rings. The maximum atomic E-state index is 13.9. The van der Waals surface area contributed by atoms with E-state index >= 15 is 0 Å². The number of aromatic nitrogens is 1. The summed E-state index contributed by atoms with van der Waals surface area (Å²) >= 11 is 0. The van der Waals surface area contributed by atoms with E-state index in [0.717, 1.165) is 39.3 Å². The highest BCUT2D eigenvalue weighted by Gasteiger charge is 2.45. The van der Waals surface area contributed by atoms with Gasteiger partial charge in [0, 0.05) is 32.1 Å². The monoisotopic (exact) mass is 511 g/mol. The lowest BCUT2D eigenvalue weighted by molar-refractivity contribution is -0.109. The van der Waals surface area contributed by atoms with Crippen molar-refractivity contribution in [1.82, 2.24) is 4.98 Å². The Bertz CT molecular complexity index is 1220. The van der Waals surface area contributed by atoms with E-state index < -0.39 is 11.5 Å². The van der Waals surface area contributed by atoms with Crippen molar-refractivity contribution in [3.05, 3.63) is 87.7 Å². The topological polar surface area (TPSA) is 60.8 Å². The molecule has 0 radical (unpaired) electrons. The van der Waals surface area contributed by atoms with Gasteiger partial charge in [-0.05, 0) is 79.6 Å². The summed E-state index contributed by atoms with van der Waals surface area (Å²) in [5, 5.41) is 11.4. The van der Waals surface area contributed by atoms with Crippen molar-refractivity contribution < 1.29 is 28.1 Å². The molecule has 198 valence electrons. The minimum Gasteiger partial charge on any atom is -0.489 e. The van der Waals surface area contributed by atoms with Gasteiger partial charge in [-0.3, -0.25) is 4.98 Å². The summed E-state index contributed by atoms with van der Waals surface area (Å²) in [5.41, 5.74) is 5.03. The van der Waals surface area contributed by atoms with Crippen molar-refractivity contribution in [2.24, 2.45) is 0 Å². The molecule has 2 aromatic carbocycles. The lowest BCUT2D eigenvalue weighted by atomic mass is 9.80. The van der Waals surface area contributed by atoms with E-state index in [0.29, 0.717) is 24.5 Å². The number of benzene rings is 2. The first kappa shape index (κ1) is 27.0. The third-order valence-corrected chi connectivity index (χ3v) is 7.30. The van der Waals surface area contributed by atoms with Crippen LogP contribution in [0.3, 0.4) is 0 Å². The predicted molar refractivity (Wildman–Crippen MR) is 138 cm³/mol. The molecule has 0 atom stereocenters. The molecule has 1 saturated carbocycles. The summed E-state index contributed by atoms with van der Waals surface area (Å²) in [7, 11) is 1.50. The average Bonchev–Trinajstić information content (AvgIpc) is 2.89. The summed E-state index contributed by atoms with van der Waals surface area (Å²) in [6.07, 6.45) is -0.405. The first-order chi connectivity index (χ1) is 17.6. The largest absolute Gasteiger partial charge is 0.489 e. The molecule has 3 aromatic rings. The molecular formula is C30H35F2NO4. The Labute approximate surface area is 217 Å². The predicted octanol–water partition coefficient (Wildman–Crippen LogP) is 6.56. The van der Waals surface area contributed by atoms with Crippen molar-refractivity contribution in [2.75, 3.05) is 13.9 Å². The summed E-state index contributed by atoms with van der Waals surface area (Å²) in [5.74, 6) is -1.57. The standard InChI is InChI=1S/C30H35F2NO4/c1-20-16-27(36-18-23-8-6-5-7-9-23)22(3)21(2)25(20)17-24-10-11-26(37-19-35-4)28(33-24)29(34)12-14-30(31,32)15-13-29/h5-11,16,34H,12-15,17-19H2,1-4H3. The Morgan fingerprint density at radius 3 is 2.27 bits per heavy atom. The molecule has 0 bridgehead atoms. The number of pyridine rings is 1. The van der Waals surface area contributed by atoms with Gasteiger partial charge in [-0.1, -0.05) is 30.3 Å². The maximum Gasteiger partial charge on any atom is 0.248 e. The van der Waals surface area contributed by atoms with E-state index in [9.17, 15) is 13.9 Å². The number of hydrogen-bond donors (Lipinski definition) is 1. The Hall–Kier alpha value is -3.03. The van der Waals surface area contributed by atoms with E-state index in [2.05, 4.69) is 6.92 Å². The number of alkyl halides is 2. The van der Waals surface area contributed by atoms with Gasteiger partial charge in [-0.2, -0.15) is 0 Å². The molecule has 1 aliphatic carbocycles. The molecule has 0 spiro atoms. The molecule has 1 fully saturated rings. The molecule has 0 amide bonds. The van der Waals surface area contributed by atoms with Gasteiger partial charge in [0.15, 0.2) is 6.79 Å². The highest BCUT2D eigenvalue weighted by molar-refractivity contribution is 5.49. The van der Waals surface area contributed by atoms with Crippen LogP contribution in [-0.4, -0.2) is 29.9 Å². The fourth-order valence-corrected chi connectivity index (χ4v) is 4.86. The third kappa shape index (κ3) is 6.28. The van der Waals surface area contributed by atoms with Gasteiger partial charge in [-0.25, -0.2) is 8.78 Å². The number of aliphatic hydroxyl groups is 1. The van der Waals surface area contributed by atoms with E-state index in [4.69, 9.17) is 19.2 Å². The lowest BCUT2D eigenvalue weighted by Gasteiger charge is -2.36. The van der Waals surface area contributed by atoms with Crippen LogP contribution in [0.1, 0.15) is 64.9 Å². The minimum atomic E-state index is -2.77. The molecule has 1 heterocycles. The van der Waals surface area contributed by atoms with Crippen molar-refractivity contribution in [2.45, 2.75) is 71.0 Å².